The SMILES string of the molecule is COCCn1c(CO)cnc1SCC(=O)c1ccc(C)cc1. The van der Waals surface area contributed by atoms with Gasteiger partial charge in [-0.3, -0.25) is 4.79 Å². The van der Waals surface area contributed by atoms with Crippen LogP contribution in [0.2, 0.25) is 0 Å². The molecule has 0 saturated heterocycles. The van der Waals surface area contributed by atoms with E-state index in [1.165, 1.54) is 11.8 Å². The summed E-state index contributed by atoms with van der Waals surface area (Å²) < 4.78 is 6.95. The number of ketones is 1. The molecule has 0 amide bonds. The quantitative estimate of drug-likeness (QED) is 0.597. The number of carbonyl (C=O) groups is 1. The zero-order valence-corrected chi connectivity index (χ0v) is 13.6. The number of aryl methyl sites for hydroxylation is 1. The van der Waals surface area contributed by atoms with E-state index in [-0.39, 0.29) is 12.4 Å². The number of hydrogen-bond acceptors (Lipinski definition) is 5. The average molecular weight is 320 g/mol. The normalized spacial score (nSPS) is 10.9. The second-order valence-electron chi connectivity index (χ2n) is 4.91. The molecule has 0 unspecified atom stereocenters. The second kappa shape index (κ2) is 8.12. The fourth-order valence-electron chi connectivity index (χ4n) is 2.01. The standard InChI is InChI=1S/C16H20N2O3S/c1-12-3-5-13(6-4-12)15(20)11-22-16-17-9-14(10-19)18(16)7-8-21-2/h3-6,9,19H,7-8,10-11H2,1-2H3. The van der Waals surface area contributed by atoms with Gasteiger partial charge in [0, 0.05) is 19.2 Å². The fraction of sp³-hybridized carbons (Fsp3) is 0.375. The molecule has 1 aromatic heterocycles. The molecule has 1 aromatic carbocycles. The number of ether oxygens (including phenoxy) is 1. The van der Waals surface area contributed by atoms with Gasteiger partial charge < -0.3 is 14.4 Å². The monoisotopic (exact) mass is 320 g/mol. The molecular formula is C16H20N2O3S. The lowest BCUT2D eigenvalue weighted by Crippen LogP contribution is -2.10. The fourth-order valence-corrected chi connectivity index (χ4v) is 2.93. The van der Waals surface area contributed by atoms with Crippen LogP contribution in [-0.2, 0) is 17.9 Å². The van der Waals surface area contributed by atoms with Crippen molar-refractivity contribution in [3.8, 4) is 0 Å². The first-order valence-electron chi connectivity index (χ1n) is 7.02. The third-order valence-corrected chi connectivity index (χ3v) is 4.28. The highest BCUT2D eigenvalue weighted by Gasteiger charge is 2.13. The topological polar surface area (TPSA) is 64.3 Å². The third kappa shape index (κ3) is 4.19. The molecule has 22 heavy (non-hydrogen) atoms. The molecule has 0 saturated carbocycles. The van der Waals surface area contributed by atoms with Crippen LogP contribution in [0.15, 0.2) is 35.6 Å². The van der Waals surface area contributed by atoms with Crippen LogP contribution in [0.25, 0.3) is 0 Å². The van der Waals surface area contributed by atoms with E-state index >= 15 is 0 Å². The van der Waals surface area contributed by atoms with Gasteiger partial charge in [-0.1, -0.05) is 41.6 Å². The molecule has 1 N–H and O–H groups in total. The Labute approximate surface area is 134 Å². The molecule has 0 bridgehead atoms. The maximum atomic E-state index is 12.2. The Bertz CT molecular complexity index is 623. The number of nitrogens with zero attached hydrogens (tertiary/aromatic N) is 2. The highest BCUT2D eigenvalue weighted by atomic mass is 32.2. The molecule has 0 aliphatic heterocycles. The molecule has 6 heteroatoms. The lowest BCUT2D eigenvalue weighted by atomic mass is 10.1. The predicted octanol–water partition coefficient (Wildman–Crippen LogP) is 2.31. The maximum absolute atomic E-state index is 12.2. The molecule has 5 nitrogen and oxygen atoms in total. The lowest BCUT2D eigenvalue weighted by Gasteiger charge is -2.09. The van der Waals surface area contributed by atoms with Gasteiger partial charge in [0.05, 0.1) is 30.9 Å². The molecule has 2 rings (SSSR count). The van der Waals surface area contributed by atoms with Gasteiger partial charge in [0.15, 0.2) is 10.9 Å². The first-order valence-corrected chi connectivity index (χ1v) is 8.01. The van der Waals surface area contributed by atoms with Gasteiger partial charge in [-0.15, -0.1) is 0 Å². The number of aliphatic hydroxyl groups is 1. The Hall–Kier alpha value is -1.63. The first kappa shape index (κ1) is 16.7. The smallest absolute Gasteiger partial charge is 0.173 e. The van der Waals surface area contributed by atoms with Crippen LogP contribution >= 0.6 is 11.8 Å². The number of imidazole rings is 1. The molecule has 0 spiro atoms. The van der Waals surface area contributed by atoms with E-state index in [0.717, 1.165) is 16.4 Å². The third-order valence-electron chi connectivity index (χ3n) is 3.29. The Balaban J connectivity index is 2.03. The van der Waals surface area contributed by atoms with E-state index in [0.29, 0.717) is 24.5 Å². The van der Waals surface area contributed by atoms with Crippen LogP contribution in [0.1, 0.15) is 21.6 Å². The van der Waals surface area contributed by atoms with Gasteiger partial charge in [0.1, 0.15) is 0 Å². The van der Waals surface area contributed by atoms with E-state index in [1.807, 2.05) is 35.8 Å². The predicted molar refractivity (Wildman–Crippen MR) is 86.3 cm³/mol. The highest BCUT2D eigenvalue weighted by Crippen LogP contribution is 2.20. The summed E-state index contributed by atoms with van der Waals surface area (Å²) in [5.74, 6) is 0.384. The Kier molecular flexibility index (Phi) is 6.18. The minimum absolute atomic E-state index is 0.0665. The largest absolute Gasteiger partial charge is 0.390 e. The number of aliphatic hydroxyl groups excluding tert-OH is 1. The van der Waals surface area contributed by atoms with Crippen molar-refractivity contribution in [2.75, 3.05) is 19.5 Å². The lowest BCUT2D eigenvalue weighted by molar-refractivity contribution is 0.102. The molecule has 2 aromatic rings. The van der Waals surface area contributed by atoms with E-state index in [1.54, 1.807) is 13.3 Å². The first-order chi connectivity index (χ1) is 10.7. The highest BCUT2D eigenvalue weighted by molar-refractivity contribution is 7.99. The van der Waals surface area contributed by atoms with Gasteiger partial charge >= 0.3 is 0 Å². The van der Waals surface area contributed by atoms with Crippen molar-refractivity contribution in [3.63, 3.8) is 0 Å². The number of methoxy groups -OCH3 is 1. The summed E-state index contributed by atoms with van der Waals surface area (Å²) in [6, 6.07) is 7.55. The van der Waals surface area contributed by atoms with Gasteiger partial charge in [-0.25, -0.2) is 4.98 Å². The van der Waals surface area contributed by atoms with Gasteiger partial charge in [0.25, 0.3) is 0 Å². The number of benzene rings is 1. The summed E-state index contributed by atoms with van der Waals surface area (Å²) in [5.41, 5.74) is 2.56. The molecule has 0 atom stereocenters. The van der Waals surface area contributed by atoms with Gasteiger partial charge in [-0.2, -0.15) is 0 Å². The van der Waals surface area contributed by atoms with Crippen molar-refractivity contribution >= 4 is 17.5 Å². The number of aromatic nitrogens is 2. The van der Waals surface area contributed by atoms with Crippen molar-refractivity contribution < 1.29 is 14.6 Å². The van der Waals surface area contributed by atoms with Crippen LogP contribution in [0.4, 0.5) is 0 Å². The minimum Gasteiger partial charge on any atom is -0.390 e. The Morgan fingerprint density at radius 3 is 2.73 bits per heavy atom. The average Bonchev–Trinajstić information content (AvgIpc) is 2.93. The summed E-state index contributed by atoms with van der Waals surface area (Å²) in [5, 5.41) is 10.1. The zero-order valence-electron chi connectivity index (χ0n) is 12.8. The molecule has 0 fully saturated rings. The van der Waals surface area contributed by atoms with Crippen LogP contribution in [0.5, 0.6) is 0 Å². The molecule has 0 aliphatic carbocycles. The Morgan fingerprint density at radius 1 is 1.36 bits per heavy atom. The van der Waals surface area contributed by atoms with Gasteiger partial charge in [0.2, 0.25) is 0 Å². The Morgan fingerprint density at radius 2 is 2.09 bits per heavy atom. The summed E-state index contributed by atoms with van der Waals surface area (Å²) in [4.78, 5) is 16.5. The maximum Gasteiger partial charge on any atom is 0.173 e. The zero-order chi connectivity index (χ0) is 15.9. The summed E-state index contributed by atoms with van der Waals surface area (Å²) in [7, 11) is 1.63. The van der Waals surface area contributed by atoms with Crippen LogP contribution < -0.4 is 0 Å². The summed E-state index contributed by atoms with van der Waals surface area (Å²) >= 11 is 1.38. The van der Waals surface area contributed by atoms with Crippen molar-refractivity contribution in [2.45, 2.75) is 25.2 Å². The van der Waals surface area contributed by atoms with E-state index in [9.17, 15) is 9.90 Å². The van der Waals surface area contributed by atoms with E-state index in [2.05, 4.69) is 4.98 Å². The molecule has 118 valence electrons. The van der Waals surface area contributed by atoms with E-state index < -0.39 is 0 Å². The number of carbonyl (C=O) groups excluding carboxylic acids is 1. The van der Waals surface area contributed by atoms with Crippen molar-refractivity contribution in [2.24, 2.45) is 0 Å². The van der Waals surface area contributed by atoms with Crippen LogP contribution in [0.3, 0.4) is 0 Å². The second-order valence-corrected chi connectivity index (χ2v) is 5.86. The summed E-state index contributed by atoms with van der Waals surface area (Å²) in [6.07, 6.45) is 1.63. The van der Waals surface area contributed by atoms with Crippen LogP contribution in [-0.4, -0.2) is 39.9 Å². The molecular weight excluding hydrogens is 300 g/mol. The molecule has 0 aliphatic rings. The van der Waals surface area contributed by atoms with Crippen LogP contribution in [0, 0.1) is 6.92 Å². The number of thioether (sulfide) groups is 1. The summed E-state index contributed by atoms with van der Waals surface area (Å²) in [6.45, 7) is 3.05. The van der Waals surface area contributed by atoms with Crippen molar-refractivity contribution in [1.82, 2.24) is 9.55 Å². The number of hydrogen-bond donors (Lipinski definition) is 1. The van der Waals surface area contributed by atoms with Crippen molar-refractivity contribution in [1.29, 1.82) is 0 Å². The molecule has 1 heterocycles. The number of rotatable bonds is 8. The van der Waals surface area contributed by atoms with Gasteiger partial charge in [-0.05, 0) is 6.92 Å². The van der Waals surface area contributed by atoms with Crippen molar-refractivity contribution in [3.05, 3.63) is 47.3 Å². The molecule has 0 radical (unpaired) electrons. The van der Waals surface area contributed by atoms with E-state index in [4.69, 9.17) is 4.74 Å². The minimum atomic E-state index is -0.0802. The number of Topliss-reactive ketones (excluding diaryl/α,β-unsaturated/α-hetero) is 1.